The van der Waals surface area contributed by atoms with Crippen molar-refractivity contribution in [2.45, 2.75) is 66.2 Å². The fraction of sp³-hybridized carbons (Fsp3) is 0.424. The van der Waals surface area contributed by atoms with Gasteiger partial charge in [0, 0.05) is 60.1 Å². The lowest BCUT2D eigenvalue weighted by Gasteiger charge is -2.37. The highest BCUT2D eigenvalue weighted by Crippen LogP contribution is 2.44. The van der Waals surface area contributed by atoms with Crippen molar-refractivity contribution in [1.82, 2.24) is 14.9 Å². The second-order valence-corrected chi connectivity index (χ2v) is 13.5. The van der Waals surface area contributed by atoms with E-state index in [0.29, 0.717) is 11.1 Å². The summed E-state index contributed by atoms with van der Waals surface area (Å²) < 4.78 is 7.41. The fourth-order valence-electron chi connectivity index (χ4n) is 5.47. The van der Waals surface area contributed by atoms with Crippen molar-refractivity contribution in [2.75, 3.05) is 31.1 Å². The number of hydrogen-bond donors (Lipinski definition) is 0. The van der Waals surface area contributed by atoms with Crippen LogP contribution in [-0.4, -0.2) is 58.5 Å². The number of hydrogen-bond acceptors (Lipinski definition) is 7. The molecule has 0 aliphatic carbocycles. The third-order valence-electron chi connectivity index (χ3n) is 7.52. The third kappa shape index (κ3) is 6.49. The van der Waals surface area contributed by atoms with E-state index in [1.54, 1.807) is 18.3 Å². The van der Waals surface area contributed by atoms with E-state index in [0.717, 1.165) is 75.0 Å². The molecule has 0 unspecified atom stereocenters. The summed E-state index contributed by atoms with van der Waals surface area (Å²) in [5.74, 6) is 0.953. The molecule has 8 heteroatoms. The van der Waals surface area contributed by atoms with Crippen LogP contribution in [0.15, 0.2) is 48.7 Å². The van der Waals surface area contributed by atoms with Crippen LogP contribution in [0.1, 0.15) is 58.8 Å². The number of benzene rings is 2. The Hall–Kier alpha value is -2.84. The lowest BCUT2D eigenvalue weighted by molar-refractivity contribution is -0.138. The van der Waals surface area contributed by atoms with E-state index in [9.17, 15) is 4.79 Å². The summed E-state index contributed by atoms with van der Waals surface area (Å²) in [6.45, 7) is 18.1. The average Bonchev–Trinajstić information content (AvgIpc) is 3.35. The first-order valence-corrected chi connectivity index (χ1v) is 15.4. The van der Waals surface area contributed by atoms with Crippen LogP contribution in [0.4, 0.5) is 5.82 Å². The van der Waals surface area contributed by atoms with Crippen LogP contribution in [0.2, 0.25) is 5.02 Å². The number of nitrogens with zero attached hydrogens (tertiary/aromatic N) is 4. The van der Waals surface area contributed by atoms with E-state index in [1.165, 1.54) is 0 Å². The van der Waals surface area contributed by atoms with Gasteiger partial charge in [-0.3, -0.25) is 9.69 Å². The number of rotatable bonds is 7. The number of carbonyl (C=O) groups excluding carboxylic acids is 1. The van der Waals surface area contributed by atoms with E-state index in [1.807, 2.05) is 64.2 Å². The van der Waals surface area contributed by atoms with Crippen LogP contribution in [0, 0.1) is 6.92 Å². The first kappa shape index (κ1) is 29.6. The molecular formula is C33H39ClN4O2S. The van der Waals surface area contributed by atoms with E-state index in [2.05, 4.69) is 35.8 Å². The molecule has 6 nitrogen and oxygen atoms in total. The predicted octanol–water partition coefficient (Wildman–Crippen LogP) is 7.96. The van der Waals surface area contributed by atoms with Crippen molar-refractivity contribution in [2.24, 2.45) is 0 Å². The summed E-state index contributed by atoms with van der Waals surface area (Å²) >= 11 is 7.91. The molecule has 3 heterocycles. The molecule has 1 aliphatic heterocycles. The number of ether oxygens (including phenoxy) is 1. The van der Waals surface area contributed by atoms with Crippen molar-refractivity contribution in [1.29, 1.82) is 0 Å². The monoisotopic (exact) mass is 590 g/mol. The molecule has 0 bridgehead atoms. The van der Waals surface area contributed by atoms with E-state index in [-0.39, 0.29) is 5.78 Å². The van der Waals surface area contributed by atoms with Gasteiger partial charge in [-0.2, -0.15) is 0 Å². The minimum absolute atomic E-state index is 0.0290. The number of ketones is 1. The van der Waals surface area contributed by atoms with Gasteiger partial charge < -0.3 is 9.64 Å². The smallest absolute Gasteiger partial charge is 0.163 e. The van der Waals surface area contributed by atoms with Gasteiger partial charge in [0.25, 0.3) is 0 Å². The minimum Gasteiger partial charge on any atom is -0.360 e. The van der Waals surface area contributed by atoms with E-state index >= 15 is 0 Å². The number of halogens is 1. The lowest BCUT2D eigenvalue weighted by atomic mass is 9.90. The maximum Gasteiger partial charge on any atom is 0.163 e. The van der Waals surface area contributed by atoms with E-state index in [4.69, 9.17) is 26.3 Å². The lowest BCUT2D eigenvalue weighted by Crippen LogP contribution is -2.49. The molecule has 0 spiro atoms. The molecule has 2 aromatic heterocycles. The number of aromatic nitrogens is 2. The van der Waals surface area contributed by atoms with Crippen LogP contribution in [0.25, 0.3) is 31.9 Å². The van der Waals surface area contributed by atoms with Crippen molar-refractivity contribution in [3.63, 3.8) is 0 Å². The SMILES string of the molecule is CC(=O)[C@@H](OC(C)(C)C)c1c(C)cc2nc(-c3ccnc(N4CCN(C(C)C)CC4)c3)sc2c1-c1ccc(Cl)cc1. The first-order chi connectivity index (χ1) is 19.4. The molecular weight excluding hydrogens is 552 g/mol. The number of pyridine rings is 1. The normalized spacial score (nSPS) is 15.6. The topological polar surface area (TPSA) is 58.6 Å². The summed E-state index contributed by atoms with van der Waals surface area (Å²) in [6.07, 6.45) is 1.18. The van der Waals surface area contributed by atoms with Crippen molar-refractivity contribution in [3.05, 3.63) is 64.8 Å². The molecule has 2 aromatic carbocycles. The number of anilines is 1. The highest BCUT2D eigenvalue weighted by Gasteiger charge is 2.30. The largest absolute Gasteiger partial charge is 0.360 e. The molecule has 1 atom stereocenters. The van der Waals surface area contributed by atoms with E-state index < -0.39 is 11.7 Å². The van der Waals surface area contributed by atoms with Gasteiger partial charge in [-0.15, -0.1) is 11.3 Å². The Morgan fingerprint density at radius 3 is 2.32 bits per heavy atom. The maximum absolute atomic E-state index is 13.0. The summed E-state index contributed by atoms with van der Waals surface area (Å²) in [5, 5.41) is 1.59. The zero-order chi connectivity index (χ0) is 29.5. The van der Waals surface area contributed by atoms with Crippen LogP contribution in [-0.2, 0) is 9.53 Å². The summed E-state index contributed by atoms with van der Waals surface area (Å²) in [4.78, 5) is 27.7. The van der Waals surface area contributed by atoms with Gasteiger partial charge in [-0.25, -0.2) is 9.97 Å². The summed E-state index contributed by atoms with van der Waals surface area (Å²) in [7, 11) is 0. The molecule has 1 fully saturated rings. The van der Waals surface area contributed by atoms with Gasteiger partial charge in [0.1, 0.15) is 16.9 Å². The molecule has 0 saturated carbocycles. The summed E-state index contributed by atoms with van der Waals surface area (Å²) in [6, 6.07) is 14.6. The van der Waals surface area contributed by atoms with Gasteiger partial charge in [0.05, 0.1) is 15.8 Å². The number of fused-ring (bicyclic) bond motifs is 1. The number of thiazole rings is 1. The Morgan fingerprint density at radius 2 is 1.71 bits per heavy atom. The quantitative estimate of drug-likeness (QED) is 0.218. The molecule has 4 aromatic rings. The molecule has 216 valence electrons. The molecule has 0 amide bonds. The first-order valence-electron chi connectivity index (χ1n) is 14.2. The Balaban J connectivity index is 1.62. The molecule has 0 N–H and O–H groups in total. The Labute approximate surface area is 252 Å². The fourth-order valence-corrected chi connectivity index (χ4v) is 6.71. The van der Waals surface area contributed by atoms with Gasteiger partial charge in [0.2, 0.25) is 0 Å². The summed E-state index contributed by atoms with van der Waals surface area (Å²) in [5.41, 5.74) is 5.26. The Bertz CT molecular complexity index is 1550. The highest BCUT2D eigenvalue weighted by molar-refractivity contribution is 7.22. The second-order valence-electron chi connectivity index (χ2n) is 12.1. The number of piperazine rings is 1. The van der Waals surface area contributed by atoms with Gasteiger partial charge in [-0.05, 0) is 89.9 Å². The highest BCUT2D eigenvalue weighted by atomic mass is 35.5. The van der Waals surface area contributed by atoms with Crippen LogP contribution in [0.5, 0.6) is 0 Å². The van der Waals surface area contributed by atoms with Gasteiger partial charge in [0.15, 0.2) is 5.78 Å². The molecule has 1 saturated heterocycles. The maximum atomic E-state index is 13.0. The Kier molecular flexibility index (Phi) is 8.53. The van der Waals surface area contributed by atoms with Gasteiger partial charge >= 0.3 is 0 Å². The van der Waals surface area contributed by atoms with Crippen LogP contribution < -0.4 is 4.90 Å². The zero-order valence-corrected chi connectivity index (χ0v) is 26.6. The molecule has 5 rings (SSSR count). The van der Waals surface area contributed by atoms with Gasteiger partial charge in [-0.1, -0.05) is 23.7 Å². The second kappa shape index (κ2) is 11.8. The number of carbonyl (C=O) groups is 1. The molecule has 0 radical (unpaired) electrons. The van der Waals surface area contributed by atoms with Crippen molar-refractivity contribution >= 4 is 44.8 Å². The standard InChI is InChI=1S/C33H39ClN4O2S/c1-20(2)37-14-16-38(17-15-37)27-19-24(12-13-35-27)32-36-26-18-21(3)28(30(22(4)39)40-33(5,6)7)29(31(26)41-32)23-8-10-25(34)11-9-23/h8-13,18-20,30H,14-17H2,1-7H3/t30-/m1/s1. The van der Waals surface area contributed by atoms with Crippen molar-refractivity contribution in [3.8, 4) is 21.7 Å². The average molecular weight is 591 g/mol. The zero-order valence-electron chi connectivity index (χ0n) is 25.0. The molecule has 1 aliphatic rings. The van der Waals surface area contributed by atoms with Crippen LogP contribution >= 0.6 is 22.9 Å². The predicted molar refractivity (Wildman–Crippen MR) is 171 cm³/mol. The van der Waals surface area contributed by atoms with Crippen molar-refractivity contribution < 1.29 is 9.53 Å². The number of Topliss-reactive ketones (excluding diaryl/α,β-unsaturated/α-hetero) is 1. The third-order valence-corrected chi connectivity index (χ3v) is 8.91. The number of aryl methyl sites for hydroxylation is 1. The molecule has 41 heavy (non-hydrogen) atoms. The Morgan fingerprint density at radius 1 is 1.02 bits per heavy atom. The van der Waals surface area contributed by atoms with Crippen LogP contribution in [0.3, 0.4) is 0 Å². The minimum atomic E-state index is -0.701.